The highest BCUT2D eigenvalue weighted by Gasteiger charge is 2.21. The van der Waals surface area contributed by atoms with E-state index in [1.54, 1.807) is 0 Å². The Morgan fingerprint density at radius 3 is 2.83 bits per heavy atom. The maximum absolute atomic E-state index is 8.76. The maximum Gasteiger partial charge on any atom is 0.0704 e. The summed E-state index contributed by atoms with van der Waals surface area (Å²) in [6, 6.07) is 0.185. The van der Waals surface area contributed by atoms with Crippen LogP contribution in [0.1, 0.15) is 26.7 Å². The molecule has 1 aliphatic rings. The van der Waals surface area contributed by atoms with E-state index in [2.05, 4.69) is 12.2 Å². The van der Waals surface area contributed by atoms with Crippen LogP contribution in [0.25, 0.3) is 0 Å². The number of aliphatic hydroxyl groups excluding tert-OH is 1. The van der Waals surface area contributed by atoms with E-state index in [4.69, 9.17) is 9.84 Å². The molecular formula is C9H19NO2. The summed E-state index contributed by atoms with van der Waals surface area (Å²) >= 11 is 0. The van der Waals surface area contributed by atoms with Crippen LogP contribution in [0.3, 0.4) is 0 Å². The monoisotopic (exact) mass is 173 g/mol. The van der Waals surface area contributed by atoms with E-state index in [0.29, 0.717) is 12.2 Å². The average molecular weight is 173 g/mol. The van der Waals surface area contributed by atoms with E-state index in [1.165, 1.54) is 6.42 Å². The molecule has 1 fully saturated rings. The molecule has 0 spiro atoms. The number of hydrogen-bond acceptors (Lipinski definition) is 3. The van der Waals surface area contributed by atoms with Gasteiger partial charge >= 0.3 is 0 Å². The fraction of sp³-hybridized carbons (Fsp3) is 1.00. The first-order valence-corrected chi connectivity index (χ1v) is 4.72. The third kappa shape index (κ3) is 3.09. The highest BCUT2D eigenvalue weighted by atomic mass is 16.5. The molecule has 2 N–H and O–H groups in total. The molecule has 1 saturated heterocycles. The lowest BCUT2D eigenvalue weighted by Gasteiger charge is -2.15. The Hall–Kier alpha value is -0.120. The van der Waals surface area contributed by atoms with Gasteiger partial charge in [-0.05, 0) is 26.7 Å². The van der Waals surface area contributed by atoms with Crippen molar-refractivity contribution in [3.63, 3.8) is 0 Å². The van der Waals surface area contributed by atoms with Crippen LogP contribution in [-0.4, -0.2) is 36.5 Å². The Bertz CT molecular complexity index is 130. The van der Waals surface area contributed by atoms with Crippen molar-refractivity contribution < 1.29 is 9.84 Å². The Morgan fingerprint density at radius 2 is 2.33 bits per heavy atom. The van der Waals surface area contributed by atoms with Crippen LogP contribution >= 0.6 is 0 Å². The molecule has 0 aromatic heterocycles. The SMILES string of the molecule is CC(CO)NCC1CCC(C)O1. The van der Waals surface area contributed by atoms with Gasteiger partial charge in [0.1, 0.15) is 0 Å². The molecule has 0 aromatic carbocycles. The zero-order chi connectivity index (χ0) is 8.97. The van der Waals surface area contributed by atoms with Gasteiger partial charge in [-0.15, -0.1) is 0 Å². The second-order valence-electron chi connectivity index (χ2n) is 3.64. The van der Waals surface area contributed by atoms with Crippen molar-refractivity contribution in [2.75, 3.05) is 13.2 Å². The standard InChI is InChI=1S/C9H19NO2/c1-7(6-11)10-5-9-4-3-8(2)12-9/h7-11H,3-6H2,1-2H3. The van der Waals surface area contributed by atoms with Gasteiger partial charge in [0.15, 0.2) is 0 Å². The van der Waals surface area contributed by atoms with E-state index in [-0.39, 0.29) is 12.6 Å². The Morgan fingerprint density at radius 1 is 1.58 bits per heavy atom. The van der Waals surface area contributed by atoms with Gasteiger partial charge < -0.3 is 15.2 Å². The highest BCUT2D eigenvalue weighted by Crippen LogP contribution is 2.18. The Balaban J connectivity index is 2.07. The zero-order valence-corrected chi connectivity index (χ0v) is 7.92. The van der Waals surface area contributed by atoms with Crippen LogP contribution in [0.15, 0.2) is 0 Å². The molecule has 0 saturated carbocycles. The third-order valence-corrected chi connectivity index (χ3v) is 2.29. The Kier molecular flexibility index (Phi) is 3.98. The van der Waals surface area contributed by atoms with Crippen molar-refractivity contribution in [1.82, 2.24) is 5.32 Å². The second kappa shape index (κ2) is 4.80. The number of hydrogen-bond donors (Lipinski definition) is 2. The molecule has 0 bridgehead atoms. The van der Waals surface area contributed by atoms with Crippen LogP contribution < -0.4 is 5.32 Å². The molecule has 1 rings (SSSR count). The maximum atomic E-state index is 8.76. The van der Waals surface area contributed by atoms with Gasteiger partial charge in [0.05, 0.1) is 18.8 Å². The van der Waals surface area contributed by atoms with Crippen LogP contribution in [0.4, 0.5) is 0 Å². The number of nitrogens with one attached hydrogen (secondary N) is 1. The first-order chi connectivity index (χ1) is 5.72. The van der Waals surface area contributed by atoms with Gasteiger partial charge in [-0.1, -0.05) is 0 Å². The fourth-order valence-corrected chi connectivity index (χ4v) is 1.43. The summed E-state index contributed by atoms with van der Waals surface area (Å²) in [6.45, 7) is 5.14. The quantitative estimate of drug-likeness (QED) is 0.651. The molecule has 12 heavy (non-hydrogen) atoms. The predicted molar refractivity (Wildman–Crippen MR) is 48.1 cm³/mol. The van der Waals surface area contributed by atoms with Crippen LogP contribution in [0.2, 0.25) is 0 Å². The minimum Gasteiger partial charge on any atom is -0.395 e. The van der Waals surface area contributed by atoms with Crippen LogP contribution in [0.5, 0.6) is 0 Å². The van der Waals surface area contributed by atoms with Gasteiger partial charge in [0, 0.05) is 12.6 Å². The summed E-state index contributed by atoms with van der Waals surface area (Å²) in [7, 11) is 0. The minimum absolute atomic E-state index is 0.185. The average Bonchev–Trinajstić information content (AvgIpc) is 2.47. The molecule has 3 atom stereocenters. The van der Waals surface area contributed by atoms with Crippen molar-refractivity contribution in [1.29, 1.82) is 0 Å². The minimum atomic E-state index is 0.185. The predicted octanol–water partition coefficient (Wildman–Crippen LogP) is 0.524. The lowest BCUT2D eigenvalue weighted by Crippen LogP contribution is -2.35. The number of aliphatic hydroxyl groups is 1. The van der Waals surface area contributed by atoms with Crippen LogP contribution in [-0.2, 0) is 4.74 Å². The van der Waals surface area contributed by atoms with Gasteiger partial charge in [-0.3, -0.25) is 0 Å². The van der Waals surface area contributed by atoms with E-state index in [0.717, 1.165) is 13.0 Å². The molecule has 3 nitrogen and oxygen atoms in total. The van der Waals surface area contributed by atoms with Crippen molar-refractivity contribution in [2.45, 2.75) is 44.9 Å². The normalized spacial score (nSPS) is 32.2. The first kappa shape index (κ1) is 9.96. The van der Waals surface area contributed by atoms with Crippen molar-refractivity contribution >= 4 is 0 Å². The second-order valence-corrected chi connectivity index (χ2v) is 3.64. The molecule has 3 unspecified atom stereocenters. The van der Waals surface area contributed by atoms with Crippen molar-refractivity contribution in [2.24, 2.45) is 0 Å². The summed E-state index contributed by atoms with van der Waals surface area (Å²) in [4.78, 5) is 0. The third-order valence-electron chi connectivity index (χ3n) is 2.29. The highest BCUT2D eigenvalue weighted by molar-refractivity contribution is 4.73. The summed E-state index contributed by atoms with van der Waals surface area (Å²) in [5.74, 6) is 0. The fourth-order valence-electron chi connectivity index (χ4n) is 1.43. The van der Waals surface area contributed by atoms with Crippen molar-refractivity contribution in [3.8, 4) is 0 Å². The van der Waals surface area contributed by atoms with Gasteiger partial charge in [0.25, 0.3) is 0 Å². The molecule has 0 aromatic rings. The van der Waals surface area contributed by atoms with E-state index < -0.39 is 0 Å². The first-order valence-electron chi connectivity index (χ1n) is 4.72. The van der Waals surface area contributed by atoms with E-state index >= 15 is 0 Å². The molecule has 0 amide bonds. The lowest BCUT2D eigenvalue weighted by molar-refractivity contribution is 0.0533. The summed E-state index contributed by atoms with van der Waals surface area (Å²) in [5, 5.41) is 12.0. The molecule has 1 aliphatic heterocycles. The molecule has 3 heteroatoms. The molecule has 72 valence electrons. The topological polar surface area (TPSA) is 41.5 Å². The number of ether oxygens (including phenoxy) is 1. The molecular weight excluding hydrogens is 154 g/mol. The van der Waals surface area contributed by atoms with E-state index in [1.807, 2.05) is 6.92 Å². The number of rotatable bonds is 4. The van der Waals surface area contributed by atoms with Crippen LogP contribution in [0, 0.1) is 0 Å². The smallest absolute Gasteiger partial charge is 0.0704 e. The van der Waals surface area contributed by atoms with Gasteiger partial charge in [-0.2, -0.15) is 0 Å². The van der Waals surface area contributed by atoms with Gasteiger partial charge in [-0.25, -0.2) is 0 Å². The summed E-state index contributed by atoms with van der Waals surface area (Å²) < 4.78 is 5.61. The molecule has 0 aliphatic carbocycles. The largest absolute Gasteiger partial charge is 0.395 e. The zero-order valence-electron chi connectivity index (χ0n) is 7.92. The van der Waals surface area contributed by atoms with Gasteiger partial charge in [0.2, 0.25) is 0 Å². The van der Waals surface area contributed by atoms with Crippen molar-refractivity contribution in [3.05, 3.63) is 0 Å². The molecule has 0 radical (unpaired) electrons. The lowest BCUT2D eigenvalue weighted by atomic mass is 10.2. The summed E-state index contributed by atoms with van der Waals surface area (Å²) in [5.41, 5.74) is 0. The van der Waals surface area contributed by atoms with E-state index in [9.17, 15) is 0 Å². The Labute approximate surface area is 74.1 Å². The summed E-state index contributed by atoms with van der Waals surface area (Å²) in [6.07, 6.45) is 3.09. The molecule has 1 heterocycles.